The van der Waals surface area contributed by atoms with Crippen molar-refractivity contribution in [3.8, 4) is 10.7 Å². The zero-order valence-electron chi connectivity index (χ0n) is 10.3. The highest BCUT2D eigenvalue weighted by atomic mass is 35.5. The summed E-state index contributed by atoms with van der Waals surface area (Å²) in [7, 11) is 0. The van der Waals surface area contributed by atoms with Crippen LogP contribution in [0.4, 0.5) is 0 Å². The Hall–Kier alpha value is -0.560. The first-order valence-electron chi connectivity index (χ1n) is 6.22. The fourth-order valence-corrected chi connectivity index (χ4v) is 4.03. The standard InChI is InChI=1S/C12H14ClN3OS2/c13-10-2-1-9(19-10)12-15-11(17-16-12)7-18-8-3-5-14-6-4-8/h1-2,8,14H,3-7H2. The van der Waals surface area contributed by atoms with Gasteiger partial charge in [-0.05, 0) is 38.1 Å². The van der Waals surface area contributed by atoms with Crippen molar-refractivity contribution in [2.45, 2.75) is 23.8 Å². The number of hydrogen-bond acceptors (Lipinski definition) is 6. The van der Waals surface area contributed by atoms with Crippen molar-refractivity contribution >= 4 is 34.7 Å². The summed E-state index contributed by atoms with van der Waals surface area (Å²) in [4.78, 5) is 5.37. The molecule has 19 heavy (non-hydrogen) atoms. The Morgan fingerprint density at radius 1 is 1.42 bits per heavy atom. The molecule has 3 rings (SSSR count). The third-order valence-electron chi connectivity index (χ3n) is 2.99. The van der Waals surface area contributed by atoms with Crippen LogP contribution in [-0.2, 0) is 5.75 Å². The largest absolute Gasteiger partial charge is 0.338 e. The molecule has 0 radical (unpaired) electrons. The van der Waals surface area contributed by atoms with Gasteiger partial charge in [0.2, 0.25) is 11.7 Å². The van der Waals surface area contributed by atoms with Crippen molar-refractivity contribution in [1.82, 2.24) is 15.5 Å². The molecular weight excluding hydrogens is 302 g/mol. The average molecular weight is 316 g/mol. The molecule has 0 spiro atoms. The van der Waals surface area contributed by atoms with E-state index in [4.69, 9.17) is 16.1 Å². The Labute approximate surface area is 124 Å². The van der Waals surface area contributed by atoms with E-state index in [0.717, 1.165) is 28.1 Å². The molecule has 1 N–H and O–H groups in total. The van der Waals surface area contributed by atoms with E-state index in [-0.39, 0.29) is 0 Å². The fourth-order valence-electron chi connectivity index (χ4n) is 2.00. The van der Waals surface area contributed by atoms with E-state index < -0.39 is 0 Å². The van der Waals surface area contributed by atoms with Gasteiger partial charge in [-0.2, -0.15) is 4.98 Å². The first-order chi connectivity index (χ1) is 9.31. The summed E-state index contributed by atoms with van der Waals surface area (Å²) in [6.07, 6.45) is 2.43. The second-order valence-corrected chi connectivity index (χ2v) is 7.38. The number of hydrogen-bond donors (Lipinski definition) is 1. The Balaban J connectivity index is 1.58. The van der Waals surface area contributed by atoms with Crippen LogP contribution in [0.25, 0.3) is 10.7 Å². The number of rotatable bonds is 4. The van der Waals surface area contributed by atoms with E-state index in [1.807, 2.05) is 23.9 Å². The molecule has 0 unspecified atom stereocenters. The lowest BCUT2D eigenvalue weighted by Crippen LogP contribution is -2.29. The minimum Gasteiger partial charge on any atom is -0.338 e. The monoisotopic (exact) mass is 315 g/mol. The van der Waals surface area contributed by atoms with Gasteiger partial charge in [-0.15, -0.1) is 23.1 Å². The van der Waals surface area contributed by atoms with Crippen LogP contribution in [0.2, 0.25) is 4.34 Å². The molecule has 2 aromatic rings. The van der Waals surface area contributed by atoms with E-state index in [1.54, 1.807) is 0 Å². The van der Waals surface area contributed by atoms with E-state index in [2.05, 4.69) is 15.5 Å². The zero-order valence-corrected chi connectivity index (χ0v) is 12.7. The van der Waals surface area contributed by atoms with Crippen LogP contribution in [0.3, 0.4) is 0 Å². The van der Waals surface area contributed by atoms with Gasteiger partial charge < -0.3 is 9.84 Å². The van der Waals surface area contributed by atoms with E-state index >= 15 is 0 Å². The minimum atomic E-state index is 0.637. The molecule has 1 aliphatic rings. The van der Waals surface area contributed by atoms with Gasteiger partial charge in [0, 0.05) is 5.25 Å². The van der Waals surface area contributed by atoms with E-state index in [0.29, 0.717) is 17.0 Å². The van der Waals surface area contributed by atoms with Crippen LogP contribution in [-0.4, -0.2) is 28.5 Å². The molecule has 0 amide bonds. The van der Waals surface area contributed by atoms with Gasteiger partial charge in [-0.1, -0.05) is 16.8 Å². The van der Waals surface area contributed by atoms with Crippen LogP contribution in [0.15, 0.2) is 16.7 Å². The lowest BCUT2D eigenvalue weighted by Gasteiger charge is -2.21. The highest BCUT2D eigenvalue weighted by molar-refractivity contribution is 7.99. The minimum absolute atomic E-state index is 0.637. The Kier molecular flexibility index (Phi) is 4.42. The highest BCUT2D eigenvalue weighted by Crippen LogP contribution is 2.30. The predicted molar refractivity (Wildman–Crippen MR) is 79.8 cm³/mol. The van der Waals surface area contributed by atoms with E-state index in [9.17, 15) is 0 Å². The van der Waals surface area contributed by atoms with Gasteiger partial charge in [0.15, 0.2) is 0 Å². The van der Waals surface area contributed by atoms with Gasteiger partial charge in [0.05, 0.1) is 15.0 Å². The summed E-state index contributed by atoms with van der Waals surface area (Å²) in [5.41, 5.74) is 0. The first kappa shape index (κ1) is 13.4. The lowest BCUT2D eigenvalue weighted by atomic mass is 10.2. The van der Waals surface area contributed by atoms with E-state index in [1.165, 1.54) is 24.2 Å². The summed E-state index contributed by atoms with van der Waals surface area (Å²) >= 11 is 9.27. The number of thiophene rings is 1. The summed E-state index contributed by atoms with van der Waals surface area (Å²) in [6, 6.07) is 3.77. The predicted octanol–water partition coefficient (Wildman–Crippen LogP) is 3.44. The van der Waals surface area contributed by atoms with Crippen molar-refractivity contribution in [3.05, 3.63) is 22.4 Å². The quantitative estimate of drug-likeness (QED) is 0.936. The molecule has 1 saturated heterocycles. The molecule has 3 heterocycles. The molecule has 0 saturated carbocycles. The number of halogens is 1. The Morgan fingerprint density at radius 2 is 2.26 bits per heavy atom. The molecule has 4 nitrogen and oxygen atoms in total. The van der Waals surface area contributed by atoms with Crippen LogP contribution in [0, 0.1) is 0 Å². The molecule has 0 bridgehead atoms. The maximum absolute atomic E-state index is 5.90. The van der Waals surface area contributed by atoms with Crippen molar-refractivity contribution < 1.29 is 4.52 Å². The third-order valence-corrected chi connectivity index (χ3v) is 5.57. The number of nitrogens with zero attached hydrogens (tertiary/aromatic N) is 2. The van der Waals surface area contributed by atoms with Gasteiger partial charge in [0.1, 0.15) is 0 Å². The third kappa shape index (κ3) is 3.51. The van der Waals surface area contributed by atoms with Gasteiger partial charge in [-0.3, -0.25) is 0 Å². The SMILES string of the molecule is Clc1ccc(-c2noc(CSC3CCNCC3)n2)s1. The summed E-state index contributed by atoms with van der Waals surface area (Å²) in [6.45, 7) is 2.22. The maximum atomic E-state index is 5.90. The Morgan fingerprint density at radius 3 is 3.00 bits per heavy atom. The number of aromatic nitrogens is 2. The highest BCUT2D eigenvalue weighted by Gasteiger charge is 2.16. The summed E-state index contributed by atoms with van der Waals surface area (Å²) in [5.74, 6) is 2.12. The average Bonchev–Trinajstić information content (AvgIpc) is 3.06. The molecule has 1 fully saturated rings. The molecule has 0 aromatic carbocycles. The summed E-state index contributed by atoms with van der Waals surface area (Å²) < 4.78 is 6.03. The van der Waals surface area contributed by atoms with Crippen molar-refractivity contribution in [2.75, 3.05) is 13.1 Å². The topological polar surface area (TPSA) is 51.0 Å². The van der Waals surface area contributed by atoms with Gasteiger partial charge in [-0.25, -0.2) is 0 Å². The van der Waals surface area contributed by atoms with Crippen molar-refractivity contribution in [1.29, 1.82) is 0 Å². The van der Waals surface area contributed by atoms with Crippen LogP contribution in [0.5, 0.6) is 0 Å². The van der Waals surface area contributed by atoms with Gasteiger partial charge >= 0.3 is 0 Å². The normalized spacial score (nSPS) is 16.9. The smallest absolute Gasteiger partial charge is 0.236 e. The molecule has 2 aromatic heterocycles. The first-order valence-corrected chi connectivity index (χ1v) is 8.46. The number of piperidine rings is 1. The van der Waals surface area contributed by atoms with Gasteiger partial charge in [0.25, 0.3) is 0 Å². The summed E-state index contributed by atoms with van der Waals surface area (Å²) in [5, 5.41) is 8.07. The molecule has 0 aliphatic carbocycles. The van der Waals surface area contributed by atoms with Crippen molar-refractivity contribution in [3.63, 3.8) is 0 Å². The number of thioether (sulfide) groups is 1. The van der Waals surface area contributed by atoms with Crippen molar-refractivity contribution in [2.24, 2.45) is 0 Å². The maximum Gasteiger partial charge on any atom is 0.236 e. The van der Waals surface area contributed by atoms with Crippen LogP contribution >= 0.6 is 34.7 Å². The molecule has 1 aliphatic heterocycles. The second-order valence-electron chi connectivity index (χ2n) is 4.38. The zero-order chi connectivity index (χ0) is 13.1. The molecule has 102 valence electrons. The Bertz CT molecular complexity index is 537. The fraction of sp³-hybridized carbons (Fsp3) is 0.500. The second kappa shape index (κ2) is 6.26. The lowest BCUT2D eigenvalue weighted by molar-refractivity contribution is 0.391. The van der Waals surface area contributed by atoms with Crippen LogP contribution < -0.4 is 5.32 Å². The molecular formula is C12H14ClN3OS2. The molecule has 7 heteroatoms. The molecule has 0 atom stereocenters. The number of nitrogens with one attached hydrogen (secondary N) is 1. The van der Waals surface area contributed by atoms with Crippen LogP contribution in [0.1, 0.15) is 18.7 Å².